The fourth-order valence-electron chi connectivity index (χ4n) is 12.2. The summed E-state index contributed by atoms with van der Waals surface area (Å²) in [6, 6.07) is 48.9. The van der Waals surface area contributed by atoms with Gasteiger partial charge in [-0.15, -0.1) is 0 Å². The van der Waals surface area contributed by atoms with Crippen LogP contribution >= 0.6 is 0 Å². The second kappa shape index (κ2) is 20.3. The molecular weight excluding hydrogens is 887 g/mol. The van der Waals surface area contributed by atoms with E-state index in [9.17, 15) is 5.53 Å². The van der Waals surface area contributed by atoms with Gasteiger partial charge in [0.05, 0.1) is 33.0 Å². The molecule has 3 saturated heterocycles. The lowest BCUT2D eigenvalue weighted by Gasteiger charge is -2.51. The predicted octanol–water partition coefficient (Wildman–Crippen LogP) is 10.6. The van der Waals surface area contributed by atoms with E-state index in [0.717, 1.165) is 47.1 Å². The first-order valence-electron chi connectivity index (χ1n) is 24.9. The Morgan fingerprint density at radius 1 is 0.571 bits per heavy atom. The van der Waals surface area contributed by atoms with E-state index < -0.39 is 79.3 Å². The predicted molar refractivity (Wildman–Crippen MR) is 258 cm³/mol. The van der Waals surface area contributed by atoms with Crippen LogP contribution in [0.1, 0.15) is 74.1 Å². The summed E-state index contributed by atoms with van der Waals surface area (Å²) in [5.41, 5.74) is 14.8. The maximum Gasteiger partial charge on any atom is 0.184 e. The molecule has 13 heteroatoms. The molecule has 0 radical (unpaired) electrons. The largest absolute Gasteiger partial charge is 0.370 e. The molecule has 2 bridgehead atoms. The maximum absolute atomic E-state index is 10.4. The summed E-state index contributed by atoms with van der Waals surface area (Å²) in [6.45, 7) is 8.22. The van der Waals surface area contributed by atoms with Crippen molar-refractivity contribution in [1.29, 1.82) is 0 Å². The second-order valence-corrected chi connectivity index (χ2v) is 20.5. The first-order chi connectivity index (χ1) is 34.2. The molecule has 366 valence electrons. The highest BCUT2D eigenvalue weighted by molar-refractivity contribution is 5.23. The summed E-state index contributed by atoms with van der Waals surface area (Å²) in [5.74, 6) is -0.567. The summed E-state index contributed by atoms with van der Waals surface area (Å²) in [7, 11) is 0. The molecule has 6 fully saturated rings. The van der Waals surface area contributed by atoms with E-state index in [-0.39, 0.29) is 37.3 Å². The summed E-state index contributed by atoms with van der Waals surface area (Å²) in [5, 5.41) is 4.44. The van der Waals surface area contributed by atoms with Crippen molar-refractivity contribution in [2.45, 2.75) is 146 Å². The zero-order chi connectivity index (χ0) is 47.7. The highest BCUT2D eigenvalue weighted by Crippen LogP contribution is 2.73. The Kier molecular flexibility index (Phi) is 13.7. The summed E-state index contributed by atoms with van der Waals surface area (Å²) < 4.78 is 71.0. The standard InChI is InChI=1S/C57H63N3O10/c1-55(2)42-29-30-56(55,3)57(31-42)69-51-49(64-35-40-25-15-7-16-26-40)47(62-33-38-21-11-5-12-22-38)48(63-34-39-23-13-6-14-24-39)50(52(51)70-57)68-54-44(59-60-58)46(61-32-37-19-9-4-10-20-37)45-43(66-54)36-65-53(67-45)41-27-17-8-18-28-41/h4-28,42-54H,29-36H2,1-3H3/t42-,43+,44+,45+,46+,47-,48-,49+,50+,51+,52-,53+,54+,56-,57+/m0/s1. The normalized spacial score (nSPS) is 36.0. The van der Waals surface area contributed by atoms with Gasteiger partial charge in [0.25, 0.3) is 0 Å². The van der Waals surface area contributed by atoms with Crippen molar-refractivity contribution in [1.82, 2.24) is 0 Å². The minimum Gasteiger partial charge on any atom is -0.370 e. The van der Waals surface area contributed by atoms with E-state index in [0.29, 0.717) is 12.5 Å². The fraction of sp³-hybridized carbons (Fsp3) is 0.474. The monoisotopic (exact) mass is 949 g/mol. The Bertz CT molecular complexity index is 2540. The number of hydrogen-bond acceptors (Lipinski definition) is 11. The molecule has 3 heterocycles. The first-order valence-corrected chi connectivity index (χ1v) is 24.9. The van der Waals surface area contributed by atoms with Gasteiger partial charge in [-0.1, -0.05) is 178 Å². The Morgan fingerprint density at radius 2 is 1.04 bits per heavy atom. The lowest BCUT2D eigenvalue weighted by Crippen LogP contribution is -2.68. The van der Waals surface area contributed by atoms with Crippen molar-refractivity contribution in [3.05, 3.63) is 190 Å². The number of azide groups is 1. The minimum atomic E-state index is -1.17. The summed E-state index contributed by atoms with van der Waals surface area (Å²) in [4.78, 5) is 3.40. The van der Waals surface area contributed by atoms with Crippen LogP contribution in [0.25, 0.3) is 10.4 Å². The summed E-state index contributed by atoms with van der Waals surface area (Å²) >= 11 is 0. The van der Waals surface area contributed by atoms with Crippen LogP contribution in [-0.4, -0.2) is 79.7 Å². The smallest absolute Gasteiger partial charge is 0.184 e. The molecule has 5 aromatic rings. The molecule has 15 atom stereocenters. The highest BCUT2D eigenvalue weighted by atomic mass is 16.8. The van der Waals surface area contributed by atoms with Gasteiger partial charge in [0.1, 0.15) is 61.0 Å². The van der Waals surface area contributed by atoms with Gasteiger partial charge in [0.2, 0.25) is 0 Å². The molecule has 0 amide bonds. The topological polar surface area (TPSA) is 141 Å². The van der Waals surface area contributed by atoms with Crippen LogP contribution < -0.4 is 0 Å². The Labute approximate surface area is 410 Å². The Morgan fingerprint density at radius 3 is 1.53 bits per heavy atom. The third kappa shape index (κ3) is 9.01. The van der Waals surface area contributed by atoms with Gasteiger partial charge in [-0.05, 0) is 52.0 Å². The molecule has 6 aliphatic rings. The summed E-state index contributed by atoms with van der Waals surface area (Å²) in [6.07, 6.45) is -5.79. The zero-order valence-corrected chi connectivity index (χ0v) is 40.0. The molecule has 0 unspecified atom stereocenters. The van der Waals surface area contributed by atoms with Gasteiger partial charge in [-0.2, -0.15) is 0 Å². The number of fused-ring (bicyclic) bond motifs is 5. The van der Waals surface area contributed by atoms with Crippen LogP contribution in [-0.2, 0) is 73.8 Å². The van der Waals surface area contributed by atoms with Gasteiger partial charge in [-0.3, -0.25) is 0 Å². The van der Waals surface area contributed by atoms with Crippen LogP contribution in [0, 0.1) is 16.7 Å². The zero-order valence-electron chi connectivity index (χ0n) is 40.0. The van der Waals surface area contributed by atoms with Crippen LogP contribution in [0.2, 0.25) is 0 Å². The number of hydrogen-bond donors (Lipinski definition) is 0. The lowest BCUT2D eigenvalue weighted by atomic mass is 9.68. The molecule has 70 heavy (non-hydrogen) atoms. The second-order valence-electron chi connectivity index (χ2n) is 20.5. The molecule has 0 N–H and O–H groups in total. The Hall–Kier alpha value is -4.99. The molecule has 3 saturated carbocycles. The van der Waals surface area contributed by atoms with E-state index in [4.69, 9.17) is 47.4 Å². The third-order valence-corrected chi connectivity index (χ3v) is 16.4. The minimum absolute atomic E-state index is 0.0698. The van der Waals surface area contributed by atoms with E-state index in [1.165, 1.54) is 0 Å². The van der Waals surface area contributed by atoms with Crippen molar-refractivity contribution in [2.24, 2.45) is 21.9 Å². The molecule has 3 aliphatic carbocycles. The van der Waals surface area contributed by atoms with Gasteiger partial charge in [0, 0.05) is 22.3 Å². The number of ether oxygens (including phenoxy) is 10. The molecule has 5 aromatic carbocycles. The molecule has 3 aliphatic heterocycles. The van der Waals surface area contributed by atoms with Crippen LogP contribution in [0.3, 0.4) is 0 Å². The molecular formula is C57H63N3O10. The molecule has 0 aromatic heterocycles. The van der Waals surface area contributed by atoms with Crippen molar-refractivity contribution in [3.63, 3.8) is 0 Å². The number of rotatable bonds is 16. The highest BCUT2D eigenvalue weighted by Gasteiger charge is 2.76. The van der Waals surface area contributed by atoms with Crippen LogP contribution in [0.4, 0.5) is 0 Å². The molecule has 1 spiro atoms. The van der Waals surface area contributed by atoms with Gasteiger partial charge in [0.15, 0.2) is 18.4 Å². The van der Waals surface area contributed by atoms with E-state index in [1.807, 2.05) is 140 Å². The lowest BCUT2D eigenvalue weighted by molar-refractivity contribution is -0.364. The van der Waals surface area contributed by atoms with Gasteiger partial charge >= 0.3 is 0 Å². The van der Waals surface area contributed by atoms with Crippen molar-refractivity contribution >= 4 is 0 Å². The van der Waals surface area contributed by atoms with Gasteiger partial charge in [-0.25, -0.2) is 0 Å². The number of benzene rings is 5. The van der Waals surface area contributed by atoms with Gasteiger partial charge < -0.3 is 47.4 Å². The average molecular weight is 950 g/mol. The van der Waals surface area contributed by atoms with Crippen LogP contribution in [0.15, 0.2) is 157 Å². The fourth-order valence-corrected chi connectivity index (χ4v) is 12.2. The molecule has 11 rings (SSSR count). The quantitative estimate of drug-likeness (QED) is 0.0533. The number of nitrogens with zero attached hydrogens (tertiary/aromatic N) is 3. The van der Waals surface area contributed by atoms with E-state index in [1.54, 1.807) is 0 Å². The van der Waals surface area contributed by atoms with E-state index in [2.05, 4.69) is 42.9 Å². The SMILES string of the molecule is CC1(C)[C@H]2CC[C@]1(C)[C@]1(C2)O[C@@H]2[C@H](OCc3ccccc3)[C@@H](OCc3ccccc3)[C@H](OCc3ccccc3)[C@@H](O[C@H]3O[C@@H]4CO[C@@H](c5ccccc5)O[C@H]4[C@H](OCc4ccccc4)[C@H]3N=[N+]=[N-])[C@@H]2O1. The van der Waals surface area contributed by atoms with Crippen LogP contribution in [0.5, 0.6) is 0 Å². The van der Waals surface area contributed by atoms with E-state index >= 15 is 0 Å². The van der Waals surface area contributed by atoms with Crippen molar-refractivity contribution in [2.75, 3.05) is 6.61 Å². The Balaban J connectivity index is 1.00. The average Bonchev–Trinajstić information content (AvgIpc) is 3.94. The first kappa shape index (κ1) is 47.3. The van der Waals surface area contributed by atoms with Crippen molar-refractivity contribution < 1.29 is 47.4 Å². The third-order valence-electron chi connectivity index (χ3n) is 16.4. The maximum atomic E-state index is 10.4. The van der Waals surface area contributed by atoms with Crippen molar-refractivity contribution in [3.8, 4) is 0 Å². The molecule has 13 nitrogen and oxygen atoms in total.